The lowest BCUT2D eigenvalue weighted by molar-refractivity contribution is 0.225. The van der Waals surface area contributed by atoms with E-state index < -0.39 is 0 Å². The summed E-state index contributed by atoms with van der Waals surface area (Å²) in [5.74, 6) is 0.273. The smallest absolute Gasteiger partial charge is 0.318 e. The van der Waals surface area contributed by atoms with Gasteiger partial charge in [0.05, 0.1) is 0 Å². The molecular formula is C16H21FN2O. The molecule has 1 aliphatic carbocycles. The van der Waals surface area contributed by atoms with Gasteiger partial charge in [0, 0.05) is 12.2 Å². The quantitative estimate of drug-likeness (QED) is 0.869. The van der Waals surface area contributed by atoms with E-state index in [2.05, 4.69) is 17.6 Å². The average Bonchev–Trinajstić information content (AvgIpc) is 2.44. The first-order valence-corrected chi connectivity index (χ1v) is 7.14. The van der Waals surface area contributed by atoms with Gasteiger partial charge in [-0.3, -0.25) is 0 Å². The molecule has 1 aromatic rings. The maximum Gasteiger partial charge on any atom is 0.318 e. The Kier molecular flexibility index (Phi) is 5.16. The van der Waals surface area contributed by atoms with Gasteiger partial charge in [-0.05, 0) is 42.5 Å². The van der Waals surface area contributed by atoms with Crippen LogP contribution in [0.25, 0.3) is 6.08 Å². The second-order valence-electron chi connectivity index (χ2n) is 5.37. The topological polar surface area (TPSA) is 41.1 Å². The Hall–Kier alpha value is -1.84. The SMILES string of the molecule is CC1CCCCC1NC(=O)N/C=C/c1ccc(F)cc1. The zero-order chi connectivity index (χ0) is 14.4. The molecule has 0 saturated heterocycles. The summed E-state index contributed by atoms with van der Waals surface area (Å²) in [4.78, 5) is 11.8. The number of benzene rings is 1. The lowest BCUT2D eigenvalue weighted by Gasteiger charge is -2.29. The van der Waals surface area contributed by atoms with Crippen molar-refractivity contribution in [3.63, 3.8) is 0 Å². The number of hydrogen-bond acceptors (Lipinski definition) is 1. The summed E-state index contributed by atoms with van der Waals surface area (Å²) < 4.78 is 12.7. The van der Waals surface area contributed by atoms with Crippen molar-refractivity contribution in [2.24, 2.45) is 5.92 Å². The largest absolute Gasteiger partial charge is 0.335 e. The third-order valence-electron chi connectivity index (χ3n) is 3.79. The van der Waals surface area contributed by atoms with Gasteiger partial charge in [-0.2, -0.15) is 0 Å². The normalized spacial score (nSPS) is 22.7. The van der Waals surface area contributed by atoms with Gasteiger partial charge in [0.1, 0.15) is 5.82 Å². The Morgan fingerprint density at radius 2 is 1.95 bits per heavy atom. The molecule has 108 valence electrons. The van der Waals surface area contributed by atoms with Crippen molar-refractivity contribution in [2.75, 3.05) is 0 Å². The van der Waals surface area contributed by atoms with Crippen LogP contribution in [0.4, 0.5) is 9.18 Å². The maximum atomic E-state index is 12.7. The van der Waals surface area contributed by atoms with E-state index in [-0.39, 0.29) is 17.9 Å². The predicted molar refractivity (Wildman–Crippen MR) is 78.5 cm³/mol. The van der Waals surface area contributed by atoms with Crippen LogP contribution in [0, 0.1) is 11.7 Å². The number of rotatable bonds is 3. The summed E-state index contributed by atoms with van der Waals surface area (Å²) in [5, 5.41) is 5.69. The highest BCUT2D eigenvalue weighted by Gasteiger charge is 2.22. The maximum absolute atomic E-state index is 12.7. The van der Waals surface area contributed by atoms with Crippen LogP contribution in [0.2, 0.25) is 0 Å². The lowest BCUT2D eigenvalue weighted by Crippen LogP contribution is -2.44. The molecule has 3 nitrogen and oxygen atoms in total. The van der Waals surface area contributed by atoms with Crippen LogP contribution < -0.4 is 10.6 Å². The van der Waals surface area contributed by atoms with Crippen LogP contribution in [-0.2, 0) is 0 Å². The first kappa shape index (κ1) is 14.6. The average molecular weight is 276 g/mol. The molecule has 0 spiro atoms. The lowest BCUT2D eigenvalue weighted by atomic mass is 9.86. The van der Waals surface area contributed by atoms with Gasteiger partial charge in [0.2, 0.25) is 0 Å². The van der Waals surface area contributed by atoms with Gasteiger partial charge in [-0.25, -0.2) is 9.18 Å². The summed E-state index contributed by atoms with van der Waals surface area (Å²) in [6.45, 7) is 2.18. The second kappa shape index (κ2) is 7.08. The van der Waals surface area contributed by atoms with Crippen LogP contribution in [0.5, 0.6) is 0 Å². The zero-order valence-corrected chi connectivity index (χ0v) is 11.7. The van der Waals surface area contributed by atoms with Crippen LogP contribution in [0.3, 0.4) is 0 Å². The molecule has 20 heavy (non-hydrogen) atoms. The fraction of sp³-hybridized carbons (Fsp3) is 0.438. The number of hydrogen-bond donors (Lipinski definition) is 2. The van der Waals surface area contributed by atoms with Crippen molar-refractivity contribution < 1.29 is 9.18 Å². The van der Waals surface area contributed by atoms with Crippen molar-refractivity contribution in [3.8, 4) is 0 Å². The molecule has 1 aliphatic rings. The number of urea groups is 1. The minimum absolute atomic E-state index is 0.179. The van der Waals surface area contributed by atoms with Crippen molar-refractivity contribution in [3.05, 3.63) is 41.8 Å². The molecule has 2 rings (SSSR count). The molecule has 0 bridgehead atoms. The van der Waals surface area contributed by atoms with E-state index in [1.807, 2.05) is 0 Å². The standard InChI is InChI=1S/C16H21FN2O/c1-12-4-2-3-5-15(12)19-16(20)18-11-10-13-6-8-14(17)9-7-13/h6-12,15H,2-5H2,1H3,(H2,18,19,20)/b11-10+. The summed E-state index contributed by atoms with van der Waals surface area (Å²) in [5.41, 5.74) is 0.845. The Bertz CT molecular complexity index is 470. The van der Waals surface area contributed by atoms with E-state index in [1.165, 1.54) is 31.4 Å². The first-order valence-electron chi connectivity index (χ1n) is 7.14. The molecule has 0 aliphatic heterocycles. The van der Waals surface area contributed by atoms with E-state index in [9.17, 15) is 9.18 Å². The van der Waals surface area contributed by atoms with Gasteiger partial charge in [0.15, 0.2) is 0 Å². The fourth-order valence-electron chi connectivity index (χ4n) is 2.53. The number of carbonyl (C=O) groups is 1. The number of nitrogens with one attached hydrogen (secondary N) is 2. The van der Waals surface area contributed by atoms with Crippen LogP contribution >= 0.6 is 0 Å². The molecule has 4 heteroatoms. The Morgan fingerprint density at radius 3 is 2.65 bits per heavy atom. The van der Waals surface area contributed by atoms with Gasteiger partial charge >= 0.3 is 6.03 Å². The van der Waals surface area contributed by atoms with Gasteiger partial charge in [0.25, 0.3) is 0 Å². The van der Waals surface area contributed by atoms with Crippen LogP contribution in [0.15, 0.2) is 30.5 Å². The third kappa shape index (κ3) is 4.37. The molecule has 1 aromatic carbocycles. The number of halogens is 1. The zero-order valence-electron chi connectivity index (χ0n) is 11.7. The monoisotopic (exact) mass is 276 g/mol. The van der Waals surface area contributed by atoms with E-state index in [0.29, 0.717) is 5.92 Å². The number of amides is 2. The highest BCUT2D eigenvalue weighted by molar-refractivity contribution is 5.76. The molecule has 0 heterocycles. The van der Waals surface area contributed by atoms with Crippen molar-refractivity contribution >= 4 is 12.1 Å². The summed E-state index contributed by atoms with van der Waals surface area (Å²) >= 11 is 0. The molecule has 0 aromatic heterocycles. The molecule has 0 radical (unpaired) electrons. The van der Waals surface area contributed by atoms with Crippen molar-refractivity contribution in [1.29, 1.82) is 0 Å². The molecule has 1 saturated carbocycles. The number of carbonyl (C=O) groups excluding carboxylic acids is 1. The van der Waals surface area contributed by atoms with Gasteiger partial charge < -0.3 is 10.6 Å². The van der Waals surface area contributed by atoms with E-state index >= 15 is 0 Å². The minimum Gasteiger partial charge on any atom is -0.335 e. The highest BCUT2D eigenvalue weighted by Crippen LogP contribution is 2.23. The van der Waals surface area contributed by atoms with Gasteiger partial charge in [-0.1, -0.05) is 31.9 Å². The second-order valence-corrected chi connectivity index (χ2v) is 5.37. The Balaban J connectivity index is 1.78. The van der Waals surface area contributed by atoms with Gasteiger partial charge in [-0.15, -0.1) is 0 Å². The third-order valence-corrected chi connectivity index (χ3v) is 3.79. The van der Waals surface area contributed by atoms with Crippen LogP contribution in [0.1, 0.15) is 38.2 Å². The Morgan fingerprint density at radius 1 is 1.25 bits per heavy atom. The summed E-state index contributed by atoms with van der Waals surface area (Å²) in [6, 6.07) is 6.20. The predicted octanol–water partition coefficient (Wildman–Crippen LogP) is 3.67. The minimum atomic E-state index is -0.265. The molecule has 2 N–H and O–H groups in total. The van der Waals surface area contributed by atoms with E-state index in [0.717, 1.165) is 12.0 Å². The highest BCUT2D eigenvalue weighted by atomic mass is 19.1. The van der Waals surface area contributed by atoms with E-state index in [1.54, 1.807) is 24.4 Å². The molecule has 2 amide bonds. The molecule has 2 atom stereocenters. The summed E-state index contributed by atoms with van der Waals surface area (Å²) in [6.07, 6.45) is 7.98. The van der Waals surface area contributed by atoms with Crippen LogP contribution in [-0.4, -0.2) is 12.1 Å². The van der Waals surface area contributed by atoms with E-state index in [4.69, 9.17) is 0 Å². The first-order chi connectivity index (χ1) is 9.65. The molecular weight excluding hydrogens is 255 g/mol. The Labute approximate surface area is 119 Å². The van der Waals surface area contributed by atoms with Crippen molar-refractivity contribution in [1.82, 2.24) is 10.6 Å². The van der Waals surface area contributed by atoms with Crippen molar-refractivity contribution in [2.45, 2.75) is 38.6 Å². The summed E-state index contributed by atoms with van der Waals surface area (Å²) in [7, 11) is 0. The molecule has 1 fully saturated rings. The molecule has 2 unspecified atom stereocenters. The fourth-order valence-corrected chi connectivity index (χ4v) is 2.53.